The van der Waals surface area contributed by atoms with Crippen molar-refractivity contribution < 1.29 is 4.79 Å². The summed E-state index contributed by atoms with van der Waals surface area (Å²) in [6.07, 6.45) is 0.855. The summed E-state index contributed by atoms with van der Waals surface area (Å²) >= 11 is 0. The van der Waals surface area contributed by atoms with Gasteiger partial charge in [-0.05, 0) is 13.3 Å². The highest BCUT2D eigenvalue weighted by Crippen LogP contribution is 2.22. The SMILES string of the molecule is CCC(C)(C)C(=O)N(C)C(C)CN. The molecule has 3 nitrogen and oxygen atoms in total. The van der Waals surface area contributed by atoms with Gasteiger partial charge in [-0.15, -0.1) is 0 Å². The summed E-state index contributed by atoms with van der Waals surface area (Å²) in [5, 5.41) is 0. The van der Waals surface area contributed by atoms with Crippen LogP contribution in [0.15, 0.2) is 0 Å². The molecule has 0 fully saturated rings. The van der Waals surface area contributed by atoms with E-state index >= 15 is 0 Å². The second-order valence-corrected chi connectivity index (χ2v) is 4.24. The van der Waals surface area contributed by atoms with Gasteiger partial charge in [0.2, 0.25) is 5.91 Å². The molecule has 0 aliphatic heterocycles. The third kappa shape index (κ3) is 2.99. The van der Waals surface area contributed by atoms with Gasteiger partial charge in [0.15, 0.2) is 0 Å². The van der Waals surface area contributed by atoms with Gasteiger partial charge < -0.3 is 10.6 Å². The summed E-state index contributed by atoms with van der Waals surface area (Å²) in [7, 11) is 1.82. The fourth-order valence-electron chi connectivity index (χ4n) is 0.987. The lowest BCUT2D eigenvalue weighted by atomic mass is 9.88. The first-order valence-corrected chi connectivity index (χ1v) is 4.84. The molecule has 0 saturated carbocycles. The highest BCUT2D eigenvalue weighted by Gasteiger charge is 2.29. The molecule has 0 radical (unpaired) electrons. The minimum atomic E-state index is -0.266. The predicted octanol–water partition coefficient (Wildman–Crippen LogP) is 1.23. The molecule has 78 valence electrons. The zero-order chi connectivity index (χ0) is 10.6. The monoisotopic (exact) mass is 186 g/mol. The Morgan fingerprint density at radius 2 is 2.00 bits per heavy atom. The lowest BCUT2D eigenvalue weighted by molar-refractivity contribution is -0.140. The second-order valence-electron chi connectivity index (χ2n) is 4.24. The van der Waals surface area contributed by atoms with Crippen molar-refractivity contribution in [2.75, 3.05) is 13.6 Å². The molecule has 0 saturated heterocycles. The maximum absolute atomic E-state index is 11.9. The summed E-state index contributed by atoms with van der Waals surface area (Å²) in [5.41, 5.74) is 5.24. The zero-order valence-electron chi connectivity index (χ0n) is 9.42. The van der Waals surface area contributed by atoms with Crippen LogP contribution in [0.4, 0.5) is 0 Å². The molecular weight excluding hydrogens is 164 g/mol. The second kappa shape index (κ2) is 4.61. The largest absolute Gasteiger partial charge is 0.341 e. The molecule has 1 amide bonds. The number of amides is 1. The molecule has 1 unspecified atom stereocenters. The predicted molar refractivity (Wildman–Crippen MR) is 55.4 cm³/mol. The van der Waals surface area contributed by atoms with E-state index < -0.39 is 0 Å². The molecule has 0 heterocycles. The van der Waals surface area contributed by atoms with Crippen molar-refractivity contribution in [2.45, 2.75) is 40.2 Å². The lowest BCUT2D eigenvalue weighted by Crippen LogP contribution is -2.45. The normalized spacial score (nSPS) is 14.0. The minimum Gasteiger partial charge on any atom is -0.341 e. The number of carbonyl (C=O) groups excluding carboxylic acids is 1. The van der Waals surface area contributed by atoms with Crippen molar-refractivity contribution >= 4 is 5.91 Å². The summed E-state index contributed by atoms with van der Waals surface area (Å²) < 4.78 is 0. The van der Waals surface area contributed by atoms with E-state index in [0.29, 0.717) is 6.54 Å². The Kier molecular flexibility index (Phi) is 4.40. The van der Waals surface area contributed by atoms with Crippen molar-refractivity contribution in [1.29, 1.82) is 0 Å². The zero-order valence-corrected chi connectivity index (χ0v) is 9.42. The highest BCUT2D eigenvalue weighted by atomic mass is 16.2. The number of hydrogen-bond acceptors (Lipinski definition) is 2. The van der Waals surface area contributed by atoms with Gasteiger partial charge in [-0.3, -0.25) is 4.79 Å². The molecule has 0 aromatic rings. The molecule has 2 N–H and O–H groups in total. The third-order valence-corrected chi connectivity index (χ3v) is 2.79. The van der Waals surface area contributed by atoms with E-state index in [1.165, 1.54) is 0 Å². The van der Waals surface area contributed by atoms with E-state index in [-0.39, 0.29) is 17.4 Å². The average molecular weight is 186 g/mol. The van der Waals surface area contributed by atoms with Crippen LogP contribution in [0.25, 0.3) is 0 Å². The molecule has 0 aliphatic rings. The molecule has 0 bridgehead atoms. The van der Waals surface area contributed by atoms with Crippen molar-refractivity contribution in [2.24, 2.45) is 11.1 Å². The molecule has 0 aliphatic carbocycles. The van der Waals surface area contributed by atoms with Gasteiger partial charge in [0, 0.05) is 25.0 Å². The molecular formula is C10H22N2O. The third-order valence-electron chi connectivity index (χ3n) is 2.79. The van der Waals surface area contributed by atoms with Crippen LogP contribution in [-0.4, -0.2) is 30.4 Å². The van der Waals surface area contributed by atoms with E-state index in [1.54, 1.807) is 4.90 Å². The molecule has 3 heteroatoms. The van der Waals surface area contributed by atoms with Crippen molar-refractivity contribution in [3.8, 4) is 0 Å². The van der Waals surface area contributed by atoms with Crippen molar-refractivity contribution in [3.05, 3.63) is 0 Å². The summed E-state index contributed by atoms with van der Waals surface area (Å²) in [6, 6.07) is 0.123. The van der Waals surface area contributed by atoms with Crippen LogP contribution in [0.5, 0.6) is 0 Å². The van der Waals surface area contributed by atoms with Crippen molar-refractivity contribution in [3.63, 3.8) is 0 Å². The van der Waals surface area contributed by atoms with Gasteiger partial charge >= 0.3 is 0 Å². The number of likely N-dealkylation sites (N-methyl/N-ethyl adjacent to an activating group) is 1. The number of hydrogen-bond donors (Lipinski definition) is 1. The van der Waals surface area contributed by atoms with Crippen LogP contribution >= 0.6 is 0 Å². The average Bonchev–Trinajstić information content (AvgIpc) is 2.14. The van der Waals surface area contributed by atoms with Crippen LogP contribution in [0.2, 0.25) is 0 Å². The van der Waals surface area contributed by atoms with Crippen LogP contribution in [-0.2, 0) is 4.79 Å². The van der Waals surface area contributed by atoms with E-state index in [9.17, 15) is 4.79 Å². The topological polar surface area (TPSA) is 46.3 Å². The van der Waals surface area contributed by atoms with Crippen LogP contribution in [0, 0.1) is 5.41 Å². The summed E-state index contributed by atoms with van der Waals surface area (Å²) in [5.74, 6) is 0.174. The molecule has 0 rings (SSSR count). The maximum Gasteiger partial charge on any atom is 0.228 e. The maximum atomic E-state index is 11.9. The smallest absolute Gasteiger partial charge is 0.228 e. The van der Waals surface area contributed by atoms with Gasteiger partial charge in [-0.1, -0.05) is 20.8 Å². The molecule has 13 heavy (non-hydrogen) atoms. The van der Waals surface area contributed by atoms with Crippen LogP contribution < -0.4 is 5.73 Å². The first-order valence-electron chi connectivity index (χ1n) is 4.84. The summed E-state index contributed by atoms with van der Waals surface area (Å²) in [4.78, 5) is 13.6. The Hall–Kier alpha value is -0.570. The van der Waals surface area contributed by atoms with Crippen molar-refractivity contribution in [1.82, 2.24) is 4.90 Å². The molecule has 0 spiro atoms. The standard InChI is InChI=1S/C10H22N2O/c1-6-10(3,4)9(13)12(5)8(2)7-11/h8H,6-7,11H2,1-5H3. The molecule has 0 aromatic heterocycles. The lowest BCUT2D eigenvalue weighted by Gasteiger charge is -2.32. The Morgan fingerprint density at radius 1 is 1.54 bits per heavy atom. The number of carbonyl (C=O) groups is 1. The number of rotatable bonds is 4. The van der Waals surface area contributed by atoms with E-state index in [2.05, 4.69) is 0 Å². The van der Waals surface area contributed by atoms with Gasteiger partial charge in [-0.25, -0.2) is 0 Å². The van der Waals surface area contributed by atoms with E-state index in [4.69, 9.17) is 5.73 Å². The Bertz CT molecular complexity index is 178. The fourth-order valence-corrected chi connectivity index (χ4v) is 0.987. The van der Waals surface area contributed by atoms with E-state index in [0.717, 1.165) is 6.42 Å². The van der Waals surface area contributed by atoms with Crippen LogP contribution in [0.3, 0.4) is 0 Å². The summed E-state index contributed by atoms with van der Waals surface area (Å²) in [6.45, 7) is 8.44. The van der Waals surface area contributed by atoms with Gasteiger partial charge in [-0.2, -0.15) is 0 Å². The highest BCUT2D eigenvalue weighted by molar-refractivity contribution is 5.81. The van der Waals surface area contributed by atoms with Gasteiger partial charge in [0.1, 0.15) is 0 Å². The molecule has 0 aromatic carbocycles. The first-order chi connectivity index (χ1) is 5.86. The minimum absolute atomic E-state index is 0.123. The van der Waals surface area contributed by atoms with Crippen LogP contribution in [0.1, 0.15) is 34.1 Å². The fraction of sp³-hybridized carbons (Fsp3) is 0.900. The number of nitrogens with two attached hydrogens (primary N) is 1. The Morgan fingerprint density at radius 3 is 2.31 bits per heavy atom. The first kappa shape index (κ1) is 12.4. The Labute approximate surface area is 81.3 Å². The van der Waals surface area contributed by atoms with Gasteiger partial charge in [0.05, 0.1) is 0 Å². The van der Waals surface area contributed by atoms with Gasteiger partial charge in [0.25, 0.3) is 0 Å². The Balaban J connectivity index is 4.42. The molecule has 1 atom stereocenters. The van der Waals surface area contributed by atoms with E-state index in [1.807, 2.05) is 34.7 Å². The quantitative estimate of drug-likeness (QED) is 0.717. The number of nitrogens with zero attached hydrogens (tertiary/aromatic N) is 1.